The van der Waals surface area contributed by atoms with Gasteiger partial charge in [0.1, 0.15) is 5.69 Å². The summed E-state index contributed by atoms with van der Waals surface area (Å²) in [5.74, 6) is -0.439. The van der Waals surface area contributed by atoms with Crippen LogP contribution in [0.2, 0.25) is 0 Å². The topological polar surface area (TPSA) is 57.0 Å². The van der Waals surface area contributed by atoms with E-state index in [2.05, 4.69) is 14.8 Å². The van der Waals surface area contributed by atoms with Gasteiger partial charge in [0, 0.05) is 7.05 Å². The highest BCUT2D eigenvalue weighted by atomic mass is 16.5. The molecule has 0 radical (unpaired) electrons. The van der Waals surface area contributed by atoms with Gasteiger partial charge in [-0.25, -0.2) is 9.78 Å². The average Bonchev–Trinajstić information content (AvgIpc) is 2.67. The van der Waals surface area contributed by atoms with Gasteiger partial charge in [0.05, 0.1) is 24.2 Å². The largest absolute Gasteiger partial charge is 0.464 e. The number of carbonyl (C=O) groups excluding carboxylic acids is 1. The first-order chi connectivity index (χ1) is 8.11. The van der Waals surface area contributed by atoms with Crippen molar-refractivity contribution in [3.63, 3.8) is 0 Å². The number of carbonyl (C=O) groups is 1. The van der Waals surface area contributed by atoms with E-state index in [0.717, 1.165) is 11.4 Å². The zero-order chi connectivity index (χ0) is 12.4. The van der Waals surface area contributed by atoms with Crippen LogP contribution in [-0.4, -0.2) is 27.8 Å². The SMILES string of the molecule is COC(=O)c1cccc(-c2cc(C)nn2C)n1. The lowest BCUT2D eigenvalue weighted by molar-refractivity contribution is 0.0594. The Morgan fingerprint density at radius 3 is 2.76 bits per heavy atom. The lowest BCUT2D eigenvalue weighted by atomic mass is 10.2. The number of aromatic nitrogens is 3. The summed E-state index contributed by atoms with van der Waals surface area (Å²) in [6.45, 7) is 1.91. The molecule has 0 aliphatic heterocycles. The highest BCUT2D eigenvalue weighted by Gasteiger charge is 2.11. The van der Waals surface area contributed by atoms with Crippen LogP contribution in [-0.2, 0) is 11.8 Å². The standard InChI is InChI=1S/C12H13N3O2/c1-8-7-11(15(2)14-8)9-5-4-6-10(13-9)12(16)17-3/h4-7H,1-3H3. The van der Waals surface area contributed by atoms with Crippen LogP contribution in [0.4, 0.5) is 0 Å². The Hall–Kier alpha value is -2.17. The molecule has 5 nitrogen and oxygen atoms in total. The lowest BCUT2D eigenvalue weighted by Gasteiger charge is -2.03. The van der Waals surface area contributed by atoms with E-state index in [-0.39, 0.29) is 0 Å². The van der Waals surface area contributed by atoms with Crippen LogP contribution in [0.25, 0.3) is 11.4 Å². The van der Waals surface area contributed by atoms with E-state index >= 15 is 0 Å². The summed E-state index contributed by atoms with van der Waals surface area (Å²) < 4.78 is 6.37. The molecule has 2 aromatic rings. The molecule has 0 saturated carbocycles. The molecule has 2 rings (SSSR count). The normalized spacial score (nSPS) is 10.3. The summed E-state index contributed by atoms with van der Waals surface area (Å²) in [4.78, 5) is 15.6. The fourth-order valence-corrected chi connectivity index (χ4v) is 1.65. The molecule has 0 aliphatic carbocycles. The maximum Gasteiger partial charge on any atom is 0.356 e. The van der Waals surface area contributed by atoms with Gasteiger partial charge in [0.25, 0.3) is 0 Å². The molecule has 0 N–H and O–H groups in total. The Morgan fingerprint density at radius 1 is 1.41 bits per heavy atom. The van der Waals surface area contributed by atoms with Crippen LogP contribution in [0.1, 0.15) is 16.2 Å². The van der Waals surface area contributed by atoms with E-state index in [1.807, 2.05) is 26.1 Å². The second-order valence-electron chi connectivity index (χ2n) is 3.69. The van der Waals surface area contributed by atoms with Crippen LogP contribution in [0.15, 0.2) is 24.3 Å². The first kappa shape index (κ1) is 11.3. The third kappa shape index (κ3) is 2.18. The summed E-state index contributed by atoms with van der Waals surface area (Å²) in [5.41, 5.74) is 2.78. The molecule has 17 heavy (non-hydrogen) atoms. The van der Waals surface area contributed by atoms with Gasteiger partial charge in [-0.2, -0.15) is 5.10 Å². The first-order valence-corrected chi connectivity index (χ1v) is 5.18. The quantitative estimate of drug-likeness (QED) is 0.736. The zero-order valence-electron chi connectivity index (χ0n) is 9.97. The highest BCUT2D eigenvalue weighted by Crippen LogP contribution is 2.17. The number of esters is 1. The van der Waals surface area contributed by atoms with Crippen LogP contribution in [0, 0.1) is 6.92 Å². The molecule has 2 aromatic heterocycles. The third-order valence-corrected chi connectivity index (χ3v) is 2.41. The van der Waals surface area contributed by atoms with E-state index in [0.29, 0.717) is 11.4 Å². The van der Waals surface area contributed by atoms with Gasteiger partial charge in [-0.05, 0) is 25.1 Å². The van der Waals surface area contributed by atoms with Gasteiger partial charge >= 0.3 is 5.97 Å². The summed E-state index contributed by atoms with van der Waals surface area (Å²) >= 11 is 0. The van der Waals surface area contributed by atoms with Crippen molar-refractivity contribution in [1.29, 1.82) is 0 Å². The Kier molecular flexibility index (Phi) is 2.91. The predicted molar refractivity (Wildman–Crippen MR) is 62.5 cm³/mol. The van der Waals surface area contributed by atoms with Crippen molar-refractivity contribution in [2.75, 3.05) is 7.11 Å². The Morgan fingerprint density at radius 2 is 2.18 bits per heavy atom. The van der Waals surface area contributed by atoms with Crippen molar-refractivity contribution in [3.8, 4) is 11.4 Å². The van der Waals surface area contributed by atoms with Crippen LogP contribution < -0.4 is 0 Å². The number of hydrogen-bond donors (Lipinski definition) is 0. The minimum atomic E-state index is -0.439. The number of aryl methyl sites for hydroxylation is 2. The van der Waals surface area contributed by atoms with E-state index in [1.54, 1.807) is 16.8 Å². The number of pyridine rings is 1. The van der Waals surface area contributed by atoms with Gasteiger partial charge in [-0.3, -0.25) is 4.68 Å². The van der Waals surface area contributed by atoms with Gasteiger partial charge < -0.3 is 4.74 Å². The number of hydrogen-bond acceptors (Lipinski definition) is 4. The molecule has 0 aliphatic rings. The van der Waals surface area contributed by atoms with E-state index in [4.69, 9.17) is 0 Å². The molecule has 2 heterocycles. The molecular formula is C12H13N3O2. The lowest BCUT2D eigenvalue weighted by Crippen LogP contribution is -2.05. The number of ether oxygens (including phenoxy) is 1. The first-order valence-electron chi connectivity index (χ1n) is 5.18. The van der Waals surface area contributed by atoms with E-state index in [1.165, 1.54) is 7.11 Å². The maximum absolute atomic E-state index is 11.4. The molecule has 0 unspecified atom stereocenters. The molecule has 0 amide bonds. The highest BCUT2D eigenvalue weighted by molar-refractivity contribution is 5.87. The summed E-state index contributed by atoms with van der Waals surface area (Å²) in [6, 6.07) is 7.15. The molecule has 0 aromatic carbocycles. The van der Waals surface area contributed by atoms with Crippen molar-refractivity contribution in [3.05, 3.63) is 35.7 Å². The van der Waals surface area contributed by atoms with Crippen molar-refractivity contribution >= 4 is 5.97 Å². The Bertz CT molecular complexity index is 561. The van der Waals surface area contributed by atoms with Crippen LogP contribution in [0.3, 0.4) is 0 Å². The van der Waals surface area contributed by atoms with Crippen molar-refractivity contribution in [2.24, 2.45) is 7.05 Å². The molecule has 0 bridgehead atoms. The van der Waals surface area contributed by atoms with Crippen molar-refractivity contribution in [2.45, 2.75) is 6.92 Å². The minimum absolute atomic E-state index is 0.295. The predicted octanol–water partition coefficient (Wildman–Crippen LogP) is 1.58. The number of methoxy groups -OCH3 is 1. The molecule has 88 valence electrons. The molecule has 0 saturated heterocycles. The van der Waals surface area contributed by atoms with Crippen LogP contribution >= 0.6 is 0 Å². The monoisotopic (exact) mass is 231 g/mol. The third-order valence-electron chi connectivity index (χ3n) is 2.41. The zero-order valence-corrected chi connectivity index (χ0v) is 9.97. The summed E-state index contributed by atoms with van der Waals surface area (Å²) in [7, 11) is 3.18. The number of rotatable bonds is 2. The maximum atomic E-state index is 11.4. The van der Waals surface area contributed by atoms with Crippen molar-refractivity contribution < 1.29 is 9.53 Å². The van der Waals surface area contributed by atoms with Crippen molar-refractivity contribution in [1.82, 2.24) is 14.8 Å². The second kappa shape index (κ2) is 4.37. The fraction of sp³-hybridized carbons (Fsp3) is 0.250. The Labute approximate surface area is 99.1 Å². The summed E-state index contributed by atoms with van der Waals surface area (Å²) in [5, 5.41) is 4.24. The molecule has 0 spiro atoms. The average molecular weight is 231 g/mol. The van der Waals surface area contributed by atoms with Gasteiger partial charge in [-0.15, -0.1) is 0 Å². The molecule has 0 fully saturated rings. The van der Waals surface area contributed by atoms with E-state index in [9.17, 15) is 4.79 Å². The van der Waals surface area contributed by atoms with Gasteiger partial charge in [0.15, 0.2) is 0 Å². The molecular weight excluding hydrogens is 218 g/mol. The Balaban J connectivity index is 2.46. The van der Waals surface area contributed by atoms with Crippen LogP contribution in [0.5, 0.6) is 0 Å². The smallest absolute Gasteiger partial charge is 0.356 e. The summed E-state index contributed by atoms with van der Waals surface area (Å²) in [6.07, 6.45) is 0. The molecule has 0 atom stereocenters. The minimum Gasteiger partial charge on any atom is -0.464 e. The number of nitrogens with zero attached hydrogens (tertiary/aromatic N) is 3. The van der Waals surface area contributed by atoms with Gasteiger partial charge in [0.2, 0.25) is 0 Å². The second-order valence-corrected chi connectivity index (χ2v) is 3.69. The van der Waals surface area contributed by atoms with E-state index < -0.39 is 5.97 Å². The fourth-order valence-electron chi connectivity index (χ4n) is 1.65. The van der Waals surface area contributed by atoms with Gasteiger partial charge in [-0.1, -0.05) is 6.07 Å². The molecule has 5 heteroatoms.